The average Bonchev–Trinajstić information content (AvgIpc) is 3.27. The first kappa shape index (κ1) is 19.3. The first-order valence-corrected chi connectivity index (χ1v) is 8.57. The van der Waals surface area contributed by atoms with Gasteiger partial charge in [-0.05, 0) is 25.5 Å². The zero-order valence-corrected chi connectivity index (χ0v) is 14.7. The topological polar surface area (TPSA) is 73.2 Å². The van der Waals surface area contributed by atoms with Gasteiger partial charge in [0.1, 0.15) is 17.2 Å². The van der Waals surface area contributed by atoms with Gasteiger partial charge in [0.15, 0.2) is 5.78 Å². The van der Waals surface area contributed by atoms with Crippen LogP contribution in [0.15, 0.2) is 35.4 Å². The summed E-state index contributed by atoms with van der Waals surface area (Å²) in [6.07, 6.45) is -4.92. The molecule has 2 aliphatic rings. The third kappa shape index (κ3) is 3.43. The number of alkyl halides is 3. The van der Waals surface area contributed by atoms with E-state index in [1.807, 2.05) is 0 Å². The van der Waals surface area contributed by atoms with E-state index in [0.29, 0.717) is 5.69 Å². The molecule has 2 atom stereocenters. The number of halogens is 3. The van der Waals surface area contributed by atoms with E-state index in [1.54, 1.807) is 30.3 Å². The fraction of sp³-hybridized carbons (Fsp3) is 0.500. The van der Waals surface area contributed by atoms with E-state index < -0.39 is 36.7 Å². The lowest BCUT2D eigenvalue weighted by molar-refractivity contribution is -0.230. The van der Waals surface area contributed by atoms with Crippen LogP contribution in [-0.2, 0) is 9.59 Å². The highest BCUT2D eigenvalue weighted by Crippen LogP contribution is 2.45. The maximum atomic E-state index is 13.3. The summed E-state index contributed by atoms with van der Waals surface area (Å²) in [7, 11) is 0. The number of para-hydroxylation sites is 1. The molecule has 0 radical (unpaired) electrons. The van der Waals surface area contributed by atoms with Crippen molar-refractivity contribution in [2.24, 2.45) is 10.5 Å². The monoisotopic (exact) mass is 383 g/mol. The average molecular weight is 383 g/mol. The molecule has 1 amide bonds. The van der Waals surface area contributed by atoms with E-state index in [4.69, 9.17) is 0 Å². The molecule has 9 heteroatoms. The molecule has 0 saturated carbocycles. The van der Waals surface area contributed by atoms with Crippen molar-refractivity contribution in [2.75, 3.05) is 24.7 Å². The molecule has 2 heterocycles. The van der Waals surface area contributed by atoms with Crippen molar-refractivity contribution >= 4 is 23.1 Å². The smallest absolute Gasteiger partial charge is 0.395 e. The van der Waals surface area contributed by atoms with Crippen molar-refractivity contribution in [1.29, 1.82) is 0 Å². The third-order valence-electron chi connectivity index (χ3n) is 5.19. The predicted octanol–water partition coefficient (Wildman–Crippen LogP) is 1.98. The highest BCUT2D eigenvalue weighted by atomic mass is 19.4. The molecule has 6 nitrogen and oxygen atoms in total. The van der Waals surface area contributed by atoms with Crippen LogP contribution in [0, 0.1) is 5.41 Å². The first-order chi connectivity index (χ1) is 12.7. The van der Waals surface area contributed by atoms with Crippen LogP contribution in [0.3, 0.4) is 0 Å². The number of likely N-dealkylation sites (tertiary alicyclic amines) is 1. The maximum Gasteiger partial charge on any atom is 0.398 e. The van der Waals surface area contributed by atoms with Gasteiger partial charge in [-0.1, -0.05) is 18.2 Å². The highest BCUT2D eigenvalue weighted by Gasteiger charge is 2.58. The minimum atomic E-state index is -4.60. The van der Waals surface area contributed by atoms with E-state index in [0.717, 1.165) is 4.90 Å². The summed E-state index contributed by atoms with van der Waals surface area (Å²) >= 11 is 0. The number of ketones is 1. The molecule has 0 aliphatic carbocycles. The van der Waals surface area contributed by atoms with E-state index in [1.165, 1.54) is 11.9 Å². The summed E-state index contributed by atoms with van der Waals surface area (Å²) in [5.41, 5.74) is -1.63. The number of anilines is 1. The van der Waals surface area contributed by atoms with Crippen LogP contribution in [0.2, 0.25) is 0 Å². The van der Waals surface area contributed by atoms with Crippen LogP contribution in [0.25, 0.3) is 0 Å². The molecule has 3 rings (SSSR count). The Balaban J connectivity index is 1.82. The molecule has 2 unspecified atom stereocenters. The van der Waals surface area contributed by atoms with Crippen molar-refractivity contribution in [1.82, 2.24) is 4.90 Å². The van der Waals surface area contributed by atoms with Gasteiger partial charge >= 0.3 is 6.18 Å². The second-order valence-electron chi connectivity index (χ2n) is 6.97. The molecule has 1 aromatic carbocycles. The maximum absolute atomic E-state index is 13.3. The highest BCUT2D eigenvalue weighted by molar-refractivity contribution is 6.40. The molecule has 1 N–H and O–H groups in total. The van der Waals surface area contributed by atoms with E-state index >= 15 is 0 Å². The number of nitrogens with zero attached hydrogens (tertiary/aromatic N) is 3. The van der Waals surface area contributed by atoms with Gasteiger partial charge in [-0.2, -0.15) is 18.3 Å². The fourth-order valence-corrected chi connectivity index (χ4v) is 3.45. The predicted molar refractivity (Wildman–Crippen MR) is 92.2 cm³/mol. The molecule has 2 aliphatic heterocycles. The third-order valence-corrected chi connectivity index (χ3v) is 5.19. The molecule has 1 aromatic rings. The number of Topliss-reactive ketones (excluding diaryl/α,β-unsaturated/α-hetero) is 1. The largest absolute Gasteiger partial charge is 0.398 e. The summed E-state index contributed by atoms with van der Waals surface area (Å²) < 4.78 is 39.9. The van der Waals surface area contributed by atoms with Crippen LogP contribution in [0.5, 0.6) is 0 Å². The Labute approximate surface area is 154 Å². The number of benzene rings is 1. The van der Waals surface area contributed by atoms with Gasteiger partial charge in [-0.3, -0.25) is 14.6 Å². The number of hydrogen-bond acceptors (Lipinski definition) is 5. The van der Waals surface area contributed by atoms with E-state index in [-0.39, 0.29) is 30.9 Å². The SMILES string of the molecule is CC(=O)C1CC(C(=O)N2CCC(CO)(C(F)(F)F)C2)=NN1c1ccccc1. The zero-order valence-electron chi connectivity index (χ0n) is 14.7. The Morgan fingerprint density at radius 2 is 1.96 bits per heavy atom. The molecule has 1 saturated heterocycles. The second kappa shape index (κ2) is 6.95. The summed E-state index contributed by atoms with van der Waals surface area (Å²) in [6, 6.07) is 8.14. The van der Waals surface area contributed by atoms with Crippen LogP contribution in [-0.4, -0.2) is 59.3 Å². The second-order valence-corrected chi connectivity index (χ2v) is 6.97. The Morgan fingerprint density at radius 1 is 1.30 bits per heavy atom. The minimum Gasteiger partial charge on any atom is -0.395 e. The Morgan fingerprint density at radius 3 is 2.48 bits per heavy atom. The molecule has 146 valence electrons. The minimum absolute atomic E-state index is 0.0394. The van der Waals surface area contributed by atoms with Gasteiger partial charge in [0.2, 0.25) is 0 Å². The van der Waals surface area contributed by atoms with E-state index in [2.05, 4.69) is 5.10 Å². The van der Waals surface area contributed by atoms with Crippen molar-refractivity contribution < 1.29 is 27.9 Å². The number of hydrogen-bond donors (Lipinski definition) is 1. The Hall–Kier alpha value is -2.42. The number of rotatable bonds is 4. The summed E-state index contributed by atoms with van der Waals surface area (Å²) in [5.74, 6) is -0.814. The number of carbonyl (C=O) groups excluding carboxylic acids is 2. The van der Waals surface area contributed by atoms with Crippen LogP contribution in [0.4, 0.5) is 18.9 Å². The van der Waals surface area contributed by atoms with Gasteiger partial charge in [0, 0.05) is 19.5 Å². The van der Waals surface area contributed by atoms with Crippen molar-refractivity contribution in [3.63, 3.8) is 0 Å². The molecule has 1 fully saturated rings. The number of aliphatic hydroxyl groups is 1. The summed E-state index contributed by atoms with van der Waals surface area (Å²) in [6.45, 7) is -0.409. The standard InChI is InChI=1S/C18H20F3N3O3/c1-12(26)15-9-14(22-24(15)13-5-3-2-4-6-13)16(27)23-8-7-17(10-23,11-25)18(19,20)21/h2-6,15,25H,7-11H2,1H3. The van der Waals surface area contributed by atoms with Crippen molar-refractivity contribution in [2.45, 2.75) is 32.0 Å². The zero-order chi connectivity index (χ0) is 19.8. The van der Waals surface area contributed by atoms with Crippen molar-refractivity contribution in [3.8, 4) is 0 Å². The number of carbonyl (C=O) groups is 2. The summed E-state index contributed by atoms with van der Waals surface area (Å²) in [5, 5.41) is 15.0. The molecule has 27 heavy (non-hydrogen) atoms. The van der Waals surface area contributed by atoms with E-state index in [9.17, 15) is 27.9 Å². The molecular weight excluding hydrogens is 363 g/mol. The number of amides is 1. The van der Waals surface area contributed by atoms with Gasteiger partial charge in [0.25, 0.3) is 5.91 Å². The van der Waals surface area contributed by atoms with Crippen LogP contribution >= 0.6 is 0 Å². The number of aliphatic hydroxyl groups excluding tert-OH is 1. The lowest BCUT2D eigenvalue weighted by Crippen LogP contribution is -2.45. The van der Waals surface area contributed by atoms with Crippen LogP contribution < -0.4 is 5.01 Å². The summed E-state index contributed by atoms with van der Waals surface area (Å²) in [4.78, 5) is 25.8. The quantitative estimate of drug-likeness (QED) is 0.863. The Bertz CT molecular complexity index is 766. The van der Waals surface area contributed by atoms with Crippen LogP contribution in [0.1, 0.15) is 19.8 Å². The number of hydrazone groups is 1. The Kier molecular flexibility index (Phi) is 4.98. The first-order valence-electron chi connectivity index (χ1n) is 8.57. The fourth-order valence-electron chi connectivity index (χ4n) is 3.45. The van der Waals surface area contributed by atoms with Gasteiger partial charge in [0.05, 0.1) is 12.3 Å². The lowest BCUT2D eigenvalue weighted by Gasteiger charge is -2.29. The normalized spacial score (nSPS) is 25.7. The molecule has 0 aromatic heterocycles. The van der Waals surface area contributed by atoms with Gasteiger partial charge in [-0.25, -0.2) is 0 Å². The van der Waals surface area contributed by atoms with Crippen molar-refractivity contribution in [3.05, 3.63) is 30.3 Å². The van der Waals surface area contributed by atoms with Gasteiger partial charge in [-0.15, -0.1) is 0 Å². The molecular formula is C18H20F3N3O3. The lowest BCUT2D eigenvalue weighted by atomic mass is 9.87. The molecule has 0 spiro atoms. The molecule has 0 bridgehead atoms. The van der Waals surface area contributed by atoms with Gasteiger partial charge < -0.3 is 10.0 Å².